The highest BCUT2D eigenvalue weighted by Crippen LogP contribution is 2.30. The van der Waals surface area contributed by atoms with Gasteiger partial charge in [-0.15, -0.1) is 0 Å². The van der Waals surface area contributed by atoms with E-state index in [1.807, 2.05) is 25.2 Å². The molecule has 0 fully saturated rings. The summed E-state index contributed by atoms with van der Waals surface area (Å²) < 4.78 is 28.1. The summed E-state index contributed by atoms with van der Waals surface area (Å²) in [6.07, 6.45) is 10.6. The molecule has 1 heterocycles. The zero-order chi connectivity index (χ0) is 23.1. The van der Waals surface area contributed by atoms with Crippen LogP contribution in [-0.2, 0) is 14.8 Å². The Morgan fingerprint density at radius 1 is 1.06 bits per heavy atom. The van der Waals surface area contributed by atoms with Crippen molar-refractivity contribution in [3.63, 3.8) is 0 Å². The lowest BCUT2D eigenvalue weighted by Crippen LogP contribution is -2.41. The molecule has 0 bridgehead atoms. The second-order valence-corrected chi connectivity index (χ2v) is 9.50. The number of carbonyl (C=O) groups is 1. The van der Waals surface area contributed by atoms with Crippen molar-refractivity contribution < 1.29 is 13.2 Å². The highest BCUT2D eigenvalue weighted by molar-refractivity contribution is 7.92. The third-order valence-corrected chi connectivity index (χ3v) is 7.02. The average molecular weight is 470 g/mol. The van der Waals surface area contributed by atoms with E-state index in [0.29, 0.717) is 16.3 Å². The number of sulfonamides is 1. The number of nitrogens with one attached hydrogen (secondary N) is 1. The van der Waals surface area contributed by atoms with Gasteiger partial charge < -0.3 is 5.32 Å². The van der Waals surface area contributed by atoms with Crippen molar-refractivity contribution >= 4 is 39.4 Å². The lowest BCUT2D eigenvalue weighted by atomic mass is 10.2. The molecule has 0 radical (unpaired) electrons. The summed E-state index contributed by atoms with van der Waals surface area (Å²) >= 11 is 6.25. The minimum Gasteiger partial charge on any atom is -0.350 e. The van der Waals surface area contributed by atoms with E-state index in [9.17, 15) is 13.2 Å². The smallest absolute Gasteiger partial charge is 0.264 e. The maximum atomic E-state index is 13.5. The predicted molar refractivity (Wildman–Crippen MR) is 130 cm³/mol. The summed E-state index contributed by atoms with van der Waals surface area (Å²) in [5.41, 5.74) is 2.65. The largest absolute Gasteiger partial charge is 0.350 e. The van der Waals surface area contributed by atoms with Gasteiger partial charge in [0.2, 0.25) is 5.91 Å². The van der Waals surface area contributed by atoms with E-state index in [2.05, 4.69) is 10.3 Å². The first-order valence-corrected chi connectivity index (χ1v) is 11.8. The van der Waals surface area contributed by atoms with Crippen LogP contribution in [0.4, 0.5) is 5.69 Å². The monoisotopic (exact) mass is 469 g/mol. The Morgan fingerprint density at radius 3 is 2.56 bits per heavy atom. The lowest BCUT2D eigenvalue weighted by Gasteiger charge is -2.26. The van der Waals surface area contributed by atoms with E-state index >= 15 is 0 Å². The van der Waals surface area contributed by atoms with Crippen LogP contribution in [0.5, 0.6) is 0 Å². The summed E-state index contributed by atoms with van der Waals surface area (Å²) in [6.45, 7) is 3.43. The Hall–Kier alpha value is -3.16. The Bertz CT molecular complexity index is 1210. The molecule has 8 heteroatoms. The van der Waals surface area contributed by atoms with Crippen molar-refractivity contribution in [2.45, 2.75) is 18.7 Å². The number of aryl methyl sites for hydroxylation is 1. The van der Waals surface area contributed by atoms with Crippen LogP contribution in [0.25, 0.3) is 0 Å². The van der Waals surface area contributed by atoms with E-state index in [0.717, 1.165) is 15.4 Å². The maximum Gasteiger partial charge on any atom is 0.264 e. The minimum absolute atomic E-state index is 0.0991. The number of benzene rings is 2. The number of amides is 1. The Kier molecular flexibility index (Phi) is 7.66. The molecular weight excluding hydrogens is 446 g/mol. The van der Waals surface area contributed by atoms with Crippen molar-refractivity contribution in [3.05, 3.63) is 94.7 Å². The maximum absolute atomic E-state index is 13.5. The van der Waals surface area contributed by atoms with Gasteiger partial charge in [0, 0.05) is 24.0 Å². The van der Waals surface area contributed by atoms with Gasteiger partial charge in [0.05, 0.1) is 10.6 Å². The van der Waals surface area contributed by atoms with Crippen LogP contribution in [-0.4, -0.2) is 33.6 Å². The molecule has 166 valence electrons. The van der Waals surface area contributed by atoms with Gasteiger partial charge >= 0.3 is 0 Å². The highest BCUT2D eigenvalue weighted by atomic mass is 35.5. The third-order valence-electron chi connectivity index (χ3n) is 4.84. The number of anilines is 1. The molecule has 0 aromatic heterocycles. The Morgan fingerprint density at radius 2 is 1.81 bits per heavy atom. The zero-order valence-electron chi connectivity index (χ0n) is 17.8. The van der Waals surface area contributed by atoms with Gasteiger partial charge in [0.25, 0.3) is 10.0 Å². The molecule has 0 aliphatic carbocycles. The molecule has 32 heavy (non-hydrogen) atoms. The van der Waals surface area contributed by atoms with Gasteiger partial charge in [0.15, 0.2) is 0 Å². The molecular formula is C24H24ClN3O3S. The zero-order valence-corrected chi connectivity index (χ0v) is 19.4. The second kappa shape index (κ2) is 10.4. The first-order chi connectivity index (χ1) is 15.3. The summed E-state index contributed by atoms with van der Waals surface area (Å²) in [7, 11) is -4.01. The van der Waals surface area contributed by atoms with E-state index in [4.69, 9.17) is 11.6 Å². The van der Waals surface area contributed by atoms with Crippen LogP contribution < -0.4 is 9.62 Å². The number of hydrogen-bond acceptors (Lipinski definition) is 4. The number of aliphatic imine (C=N–C) groups is 1. The highest BCUT2D eigenvalue weighted by Gasteiger charge is 2.28. The third kappa shape index (κ3) is 5.75. The van der Waals surface area contributed by atoms with Crippen molar-refractivity contribution in [2.24, 2.45) is 4.99 Å². The summed E-state index contributed by atoms with van der Waals surface area (Å²) in [4.78, 5) is 17.0. The normalized spacial score (nSPS) is 17.9. The molecule has 1 amide bonds. The van der Waals surface area contributed by atoms with E-state index < -0.39 is 22.5 Å². The van der Waals surface area contributed by atoms with Crippen molar-refractivity contribution in [3.8, 4) is 0 Å². The molecule has 1 aliphatic heterocycles. The van der Waals surface area contributed by atoms with Crippen LogP contribution in [0, 0.1) is 13.8 Å². The van der Waals surface area contributed by atoms with Gasteiger partial charge in [-0.1, -0.05) is 53.6 Å². The molecule has 0 saturated carbocycles. The fourth-order valence-electron chi connectivity index (χ4n) is 3.02. The van der Waals surface area contributed by atoms with Crippen LogP contribution in [0.2, 0.25) is 5.02 Å². The van der Waals surface area contributed by atoms with Crippen molar-refractivity contribution in [1.82, 2.24) is 5.32 Å². The number of carbonyl (C=O) groups excluding carboxylic acids is 1. The van der Waals surface area contributed by atoms with Gasteiger partial charge in [-0.3, -0.25) is 14.1 Å². The minimum atomic E-state index is -4.01. The van der Waals surface area contributed by atoms with Crippen LogP contribution in [0.15, 0.2) is 88.4 Å². The average Bonchev–Trinajstić information content (AvgIpc) is 2.74. The number of nitrogens with zero attached hydrogens (tertiary/aromatic N) is 2. The van der Waals surface area contributed by atoms with Gasteiger partial charge in [-0.25, -0.2) is 8.42 Å². The quantitative estimate of drug-likeness (QED) is 0.654. The van der Waals surface area contributed by atoms with Gasteiger partial charge in [-0.05, 0) is 55.3 Å². The SMILES string of the molecule is Cc1ccc(S(=O)(=O)N(CC(=O)NCC2=C/N=C\C=C\C=C\2)c2cccc(Cl)c2C)cc1. The molecule has 1 aliphatic rings. The molecule has 2 aromatic rings. The molecule has 0 atom stereocenters. The summed E-state index contributed by atoms with van der Waals surface area (Å²) in [6, 6.07) is 11.5. The molecule has 0 spiro atoms. The van der Waals surface area contributed by atoms with Crippen LogP contribution in [0.1, 0.15) is 11.1 Å². The first kappa shape index (κ1) is 23.5. The second-order valence-electron chi connectivity index (χ2n) is 7.23. The molecule has 2 aromatic carbocycles. The molecule has 6 nitrogen and oxygen atoms in total. The summed E-state index contributed by atoms with van der Waals surface area (Å²) in [5, 5.41) is 3.19. The summed E-state index contributed by atoms with van der Waals surface area (Å²) in [5.74, 6) is -0.448. The standard InChI is InChI=1S/C24H24ClN3O3S/c1-18-10-12-21(13-11-18)32(30,31)28(23-9-6-8-22(25)19(23)2)17-24(29)27-16-20-7-4-3-5-14-26-15-20/h3-15H,16-17H2,1-2H3,(H,27,29)/b4-3?,5-3+,7-4+,14-5?,20-7?,20-15+,26-14-,26-15?. The number of rotatable bonds is 7. The van der Waals surface area contributed by atoms with E-state index in [1.54, 1.807) is 55.7 Å². The fourth-order valence-corrected chi connectivity index (χ4v) is 4.67. The number of allylic oxidation sites excluding steroid dienone is 3. The van der Waals surface area contributed by atoms with Crippen LogP contribution >= 0.6 is 11.6 Å². The van der Waals surface area contributed by atoms with E-state index in [-0.39, 0.29) is 11.4 Å². The fraction of sp³-hybridized carbons (Fsp3) is 0.167. The van der Waals surface area contributed by atoms with Crippen molar-refractivity contribution in [1.29, 1.82) is 0 Å². The topological polar surface area (TPSA) is 78.8 Å². The Balaban J connectivity index is 1.88. The van der Waals surface area contributed by atoms with Crippen molar-refractivity contribution in [2.75, 3.05) is 17.4 Å². The molecule has 0 saturated heterocycles. The van der Waals surface area contributed by atoms with E-state index in [1.165, 1.54) is 12.1 Å². The molecule has 0 unspecified atom stereocenters. The van der Waals surface area contributed by atoms with Gasteiger partial charge in [0.1, 0.15) is 6.54 Å². The number of halogens is 1. The predicted octanol–water partition coefficient (Wildman–Crippen LogP) is 4.35. The first-order valence-electron chi connectivity index (χ1n) is 9.96. The molecule has 3 rings (SSSR count). The van der Waals surface area contributed by atoms with Crippen LogP contribution in [0.3, 0.4) is 0 Å². The number of hydrogen-bond donors (Lipinski definition) is 1. The lowest BCUT2D eigenvalue weighted by molar-refractivity contribution is -0.119. The van der Waals surface area contributed by atoms with Gasteiger partial charge in [-0.2, -0.15) is 0 Å². The Labute approximate surface area is 193 Å². The molecule has 1 N–H and O–H groups in total.